The van der Waals surface area contributed by atoms with Gasteiger partial charge in [0.05, 0.1) is 18.7 Å². The Hall–Kier alpha value is -3.02. The number of methoxy groups -OCH3 is 1. The lowest BCUT2D eigenvalue weighted by Gasteiger charge is -2.50. The van der Waals surface area contributed by atoms with Crippen molar-refractivity contribution >= 4 is 17.7 Å². The Balaban J connectivity index is 1.76. The molecule has 0 saturated carbocycles. The van der Waals surface area contributed by atoms with Crippen molar-refractivity contribution in [1.29, 1.82) is 0 Å². The molecule has 1 saturated heterocycles. The van der Waals surface area contributed by atoms with E-state index in [1.807, 2.05) is 37.3 Å². The number of nitrogens with zero attached hydrogens (tertiary/aromatic N) is 1. The first-order chi connectivity index (χ1) is 12.0. The van der Waals surface area contributed by atoms with Crippen LogP contribution in [0.4, 0.5) is 10.5 Å². The van der Waals surface area contributed by atoms with Crippen LogP contribution in [0.1, 0.15) is 35.3 Å². The van der Waals surface area contributed by atoms with Crippen LogP contribution < -0.4 is 15.0 Å². The molecule has 2 aromatic rings. The Morgan fingerprint density at radius 1 is 1.28 bits per heavy atom. The number of ether oxygens (including phenoxy) is 2. The third-order valence-corrected chi connectivity index (χ3v) is 4.71. The topological polar surface area (TPSA) is 67.9 Å². The summed E-state index contributed by atoms with van der Waals surface area (Å²) < 4.78 is 11.0. The monoisotopic (exact) mass is 338 g/mol. The van der Waals surface area contributed by atoms with Crippen LogP contribution in [0.25, 0.3) is 0 Å². The Labute approximate surface area is 145 Å². The predicted molar refractivity (Wildman–Crippen MR) is 91.6 cm³/mol. The maximum Gasteiger partial charge on any atom is 0.337 e. The second-order valence-electron chi connectivity index (χ2n) is 6.40. The molecule has 2 aliphatic rings. The number of fused-ring (bicyclic) bond motifs is 4. The van der Waals surface area contributed by atoms with Crippen molar-refractivity contribution in [1.82, 2.24) is 5.32 Å². The van der Waals surface area contributed by atoms with Gasteiger partial charge in [0, 0.05) is 17.7 Å². The van der Waals surface area contributed by atoms with E-state index in [0.29, 0.717) is 17.7 Å². The molecule has 0 unspecified atom stereocenters. The number of hydrogen-bond donors (Lipinski definition) is 1. The Bertz CT molecular complexity index is 852. The zero-order chi connectivity index (χ0) is 17.6. The van der Waals surface area contributed by atoms with E-state index < -0.39 is 11.7 Å². The minimum atomic E-state index is -0.797. The number of amides is 2. The number of benzene rings is 2. The van der Waals surface area contributed by atoms with Gasteiger partial charge in [-0.1, -0.05) is 18.2 Å². The number of rotatable bonds is 2. The fourth-order valence-corrected chi connectivity index (χ4v) is 3.59. The van der Waals surface area contributed by atoms with Gasteiger partial charge in [-0.15, -0.1) is 0 Å². The SMILES string of the molecule is COC(=O)c1ccc2c(c1)[C@@H]1C[C@](C)(O2)N(c2ccccc2)C(=O)N1. The average Bonchev–Trinajstić information content (AvgIpc) is 2.61. The fourth-order valence-electron chi connectivity index (χ4n) is 3.59. The predicted octanol–water partition coefficient (Wildman–Crippen LogP) is 3.24. The summed E-state index contributed by atoms with van der Waals surface area (Å²) in [5, 5.41) is 3.02. The van der Waals surface area contributed by atoms with Crippen LogP contribution in [0, 0.1) is 0 Å². The highest BCUT2D eigenvalue weighted by Crippen LogP contribution is 2.45. The molecule has 0 aromatic heterocycles. The van der Waals surface area contributed by atoms with Gasteiger partial charge in [0.15, 0.2) is 5.72 Å². The third kappa shape index (κ3) is 2.41. The highest BCUT2D eigenvalue weighted by molar-refractivity contribution is 5.95. The van der Waals surface area contributed by atoms with Crippen LogP contribution in [0.5, 0.6) is 5.75 Å². The van der Waals surface area contributed by atoms with Gasteiger partial charge in [-0.2, -0.15) is 0 Å². The molecule has 2 atom stereocenters. The third-order valence-electron chi connectivity index (χ3n) is 4.71. The summed E-state index contributed by atoms with van der Waals surface area (Å²) in [5.41, 5.74) is 1.21. The van der Waals surface area contributed by atoms with Crippen molar-refractivity contribution < 1.29 is 19.1 Å². The molecule has 0 spiro atoms. The van der Waals surface area contributed by atoms with Crippen molar-refractivity contribution in [2.45, 2.75) is 25.1 Å². The summed E-state index contributed by atoms with van der Waals surface area (Å²) in [6.45, 7) is 1.91. The largest absolute Gasteiger partial charge is 0.467 e. The maximum atomic E-state index is 12.7. The van der Waals surface area contributed by atoms with Gasteiger partial charge >= 0.3 is 12.0 Å². The molecule has 2 bridgehead atoms. The van der Waals surface area contributed by atoms with Crippen LogP contribution in [0.15, 0.2) is 48.5 Å². The van der Waals surface area contributed by atoms with E-state index >= 15 is 0 Å². The number of urea groups is 1. The van der Waals surface area contributed by atoms with Crippen LogP contribution in [0.3, 0.4) is 0 Å². The first-order valence-electron chi connectivity index (χ1n) is 8.09. The Morgan fingerprint density at radius 3 is 2.76 bits per heavy atom. The lowest BCUT2D eigenvalue weighted by Crippen LogP contribution is -2.65. The molecule has 4 rings (SSSR count). The van der Waals surface area contributed by atoms with E-state index in [1.165, 1.54) is 7.11 Å². The lowest BCUT2D eigenvalue weighted by atomic mass is 9.89. The van der Waals surface area contributed by atoms with Gasteiger partial charge in [0.1, 0.15) is 5.75 Å². The molecule has 2 amide bonds. The molecule has 1 N–H and O–H groups in total. The maximum absolute atomic E-state index is 12.7. The first kappa shape index (κ1) is 15.5. The Kier molecular flexibility index (Phi) is 3.42. The second-order valence-corrected chi connectivity index (χ2v) is 6.40. The van der Waals surface area contributed by atoms with Gasteiger partial charge in [-0.05, 0) is 37.3 Å². The molecular weight excluding hydrogens is 320 g/mol. The zero-order valence-electron chi connectivity index (χ0n) is 14.0. The number of nitrogens with one attached hydrogen (secondary N) is 1. The highest BCUT2D eigenvalue weighted by atomic mass is 16.5. The first-order valence-corrected chi connectivity index (χ1v) is 8.09. The molecule has 25 heavy (non-hydrogen) atoms. The van der Waals surface area contributed by atoms with Crippen molar-refractivity contribution in [2.24, 2.45) is 0 Å². The molecule has 6 heteroatoms. The van der Waals surface area contributed by atoms with E-state index in [2.05, 4.69) is 5.32 Å². The minimum absolute atomic E-state index is 0.217. The molecule has 2 heterocycles. The Morgan fingerprint density at radius 2 is 2.04 bits per heavy atom. The molecule has 2 aromatic carbocycles. The van der Waals surface area contributed by atoms with E-state index in [4.69, 9.17) is 9.47 Å². The summed E-state index contributed by atoms with van der Waals surface area (Å²) in [7, 11) is 1.34. The normalized spacial score (nSPS) is 24.0. The number of hydrogen-bond acceptors (Lipinski definition) is 4. The van der Waals surface area contributed by atoms with E-state index in [1.54, 1.807) is 23.1 Å². The van der Waals surface area contributed by atoms with E-state index in [-0.39, 0.29) is 12.1 Å². The molecule has 128 valence electrons. The summed E-state index contributed by atoms with van der Waals surface area (Å²) in [4.78, 5) is 26.2. The number of esters is 1. The standard InChI is InChI=1S/C19H18N2O4/c1-19-11-15(20-18(23)21(19)13-6-4-3-5-7-13)14-10-12(17(22)24-2)8-9-16(14)25-19/h3-10,15H,11H2,1-2H3,(H,20,23)/t15-,19-/m0/s1. The van der Waals surface area contributed by atoms with Gasteiger partial charge in [0.25, 0.3) is 0 Å². The van der Waals surface area contributed by atoms with Crippen molar-refractivity contribution in [3.05, 3.63) is 59.7 Å². The van der Waals surface area contributed by atoms with Crippen LogP contribution in [0.2, 0.25) is 0 Å². The van der Waals surface area contributed by atoms with Gasteiger partial charge < -0.3 is 14.8 Å². The van der Waals surface area contributed by atoms with Crippen LogP contribution in [-0.2, 0) is 4.74 Å². The van der Waals surface area contributed by atoms with Crippen LogP contribution in [-0.4, -0.2) is 24.8 Å². The molecular formula is C19H18N2O4. The lowest BCUT2D eigenvalue weighted by molar-refractivity contribution is 0.0377. The van der Waals surface area contributed by atoms with Gasteiger partial charge in [-0.25, -0.2) is 9.59 Å². The number of para-hydroxylation sites is 1. The van der Waals surface area contributed by atoms with Crippen molar-refractivity contribution in [3.63, 3.8) is 0 Å². The summed E-state index contributed by atoms with van der Waals surface area (Å²) in [5.74, 6) is 0.247. The second kappa shape index (κ2) is 5.51. The fraction of sp³-hybridized carbons (Fsp3) is 0.263. The minimum Gasteiger partial charge on any atom is -0.467 e. The average molecular weight is 338 g/mol. The van der Waals surface area contributed by atoms with Crippen molar-refractivity contribution in [3.8, 4) is 5.75 Å². The van der Waals surface area contributed by atoms with E-state index in [0.717, 1.165) is 11.3 Å². The number of anilines is 1. The summed E-state index contributed by atoms with van der Waals surface area (Å²) in [6.07, 6.45) is 0.575. The smallest absolute Gasteiger partial charge is 0.337 e. The van der Waals surface area contributed by atoms with E-state index in [9.17, 15) is 9.59 Å². The highest BCUT2D eigenvalue weighted by Gasteiger charge is 2.49. The zero-order valence-corrected chi connectivity index (χ0v) is 14.0. The summed E-state index contributed by atoms with van der Waals surface area (Å²) in [6, 6.07) is 14.1. The number of carbonyl (C=O) groups excluding carboxylic acids is 2. The number of carbonyl (C=O) groups is 2. The molecule has 0 radical (unpaired) electrons. The van der Waals surface area contributed by atoms with Gasteiger partial charge in [0.2, 0.25) is 0 Å². The molecule has 0 aliphatic carbocycles. The van der Waals surface area contributed by atoms with Crippen LogP contribution >= 0.6 is 0 Å². The molecule has 2 aliphatic heterocycles. The van der Waals surface area contributed by atoms with Gasteiger partial charge in [-0.3, -0.25) is 4.90 Å². The molecule has 1 fully saturated rings. The molecule has 6 nitrogen and oxygen atoms in total. The summed E-state index contributed by atoms with van der Waals surface area (Å²) >= 11 is 0. The quantitative estimate of drug-likeness (QED) is 0.854. The van der Waals surface area contributed by atoms with Crippen molar-refractivity contribution in [2.75, 3.05) is 12.0 Å².